The van der Waals surface area contributed by atoms with Crippen molar-refractivity contribution in [3.8, 4) is 0 Å². The number of imidazole rings is 1. The normalized spacial score (nSPS) is 18.9. The molecule has 3 aromatic rings. The molecule has 1 aliphatic carbocycles. The van der Waals surface area contributed by atoms with Crippen LogP contribution in [0.5, 0.6) is 0 Å². The van der Waals surface area contributed by atoms with Crippen molar-refractivity contribution in [1.29, 1.82) is 0 Å². The van der Waals surface area contributed by atoms with Crippen molar-refractivity contribution in [3.63, 3.8) is 0 Å². The van der Waals surface area contributed by atoms with Crippen molar-refractivity contribution in [2.75, 3.05) is 0 Å². The van der Waals surface area contributed by atoms with Crippen molar-refractivity contribution >= 4 is 28.0 Å². The molecule has 4 rings (SSSR count). The number of carbonyl (C=O) groups is 1. The van der Waals surface area contributed by atoms with Gasteiger partial charge in [0, 0.05) is 28.2 Å². The standard InChI is InChI=1S/C20H21N3O2S/c1-19(2)13-9-15-16(10-14(13)20(3,4)17(19)24)23-18(22-15)26(25)11-12-7-5-6-8-21-12/h5-10H,11H2,1-4H3,(H,22,23). The molecular weight excluding hydrogens is 346 g/mol. The van der Waals surface area contributed by atoms with Gasteiger partial charge in [-0.2, -0.15) is 4.98 Å². The van der Waals surface area contributed by atoms with E-state index in [1.807, 2.05) is 58.0 Å². The second kappa shape index (κ2) is 5.66. The van der Waals surface area contributed by atoms with Gasteiger partial charge in [0.15, 0.2) is 11.5 Å². The van der Waals surface area contributed by atoms with E-state index in [0.29, 0.717) is 10.9 Å². The number of fused-ring (bicyclic) bond motifs is 2. The van der Waals surface area contributed by atoms with Gasteiger partial charge in [-0.25, -0.2) is 0 Å². The Morgan fingerprint density at radius 3 is 2.46 bits per heavy atom. The smallest absolute Gasteiger partial charge is 0.322 e. The average molecular weight is 367 g/mol. The zero-order chi connectivity index (χ0) is 18.7. The van der Waals surface area contributed by atoms with E-state index in [-0.39, 0.29) is 5.78 Å². The molecule has 0 bridgehead atoms. The first kappa shape index (κ1) is 17.2. The van der Waals surface area contributed by atoms with E-state index in [1.54, 1.807) is 6.20 Å². The molecule has 0 fully saturated rings. The van der Waals surface area contributed by atoms with E-state index in [4.69, 9.17) is 0 Å². The second-order valence-corrected chi connectivity index (χ2v) is 9.21. The monoisotopic (exact) mass is 367 g/mol. The number of nitrogens with zero attached hydrogens (tertiary/aromatic N) is 2. The lowest BCUT2D eigenvalue weighted by atomic mass is 9.80. The van der Waals surface area contributed by atoms with Crippen LogP contribution < -0.4 is 0 Å². The van der Waals surface area contributed by atoms with Crippen molar-refractivity contribution in [2.24, 2.45) is 0 Å². The number of rotatable bonds is 3. The summed E-state index contributed by atoms with van der Waals surface area (Å²) in [7, 11) is 0. The quantitative estimate of drug-likeness (QED) is 0.719. The van der Waals surface area contributed by atoms with Gasteiger partial charge in [0.2, 0.25) is 0 Å². The summed E-state index contributed by atoms with van der Waals surface area (Å²) in [5.41, 5.74) is 3.27. The Kier molecular flexibility index (Phi) is 3.75. The number of hydrogen-bond acceptors (Lipinski definition) is 4. The zero-order valence-electron chi connectivity index (χ0n) is 15.3. The van der Waals surface area contributed by atoms with E-state index in [0.717, 1.165) is 27.9 Å². The number of aromatic nitrogens is 3. The predicted molar refractivity (Wildman–Crippen MR) is 102 cm³/mol. The molecule has 26 heavy (non-hydrogen) atoms. The summed E-state index contributed by atoms with van der Waals surface area (Å²) in [4.78, 5) is 24.7. The minimum absolute atomic E-state index is 0.214. The van der Waals surface area contributed by atoms with Gasteiger partial charge in [0.25, 0.3) is 0 Å². The van der Waals surface area contributed by atoms with E-state index in [9.17, 15) is 9.35 Å². The molecule has 0 aliphatic heterocycles. The highest BCUT2D eigenvalue weighted by atomic mass is 32.2. The van der Waals surface area contributed by atoms with Crippen molar-refractivity contribution in [3.05, 3.63) is 53.3 Å². The number of pyridine rings is 1. The highest BCUT2D eigenvalue weighted by Gasteiger charge is 2.50. The van der Waals surface area contributed by atoms with Crippen LogP contribution in [0.2, 0.25) is 0 Å². The number of carbonyl (C=O) groups excluding carboxylic acids is 1. The third-order valence-corrected chi connectivity index (χ3v) is 6.48. The third-order valence-electron chi connectivity index (χ3n) is 5.30. The van der Waals surface area contributed by atoms with Gasteiger partial charge in [0.05, 0.1) is 16.7 Å². The molecule has 134 valence electrons. The van der Waals surface area contributed by atoms with Crippen LogP contribution in [0, 0.1) is 0 Å². The number of Topliss-reactive ketones (excluding diaryl/α,β-unsaturated/α-hetero) is 1. The Morgan fingerprint density at radius 2 is 1.81 bits per heavy atom. The molecule has 1 atom stereocenters. The molecule has 5 nitrogen and oxygen atoms in total. The SMILES string of the molecule is CC1(C)C(=O)C(C)(C)c2cc3[nH]c([S+]([O-])Cc4ccccn4)nc3cc21. The first-order valence-corrected chi connectivity index (χ1v) is 9.91. The summed E-state index contributed by atoms with van der Waals surface area (Å²) < 4.78 is 12.7. The van der Waals surface area contributed by atoms with Gasteiger partial charge in [-0.3, -0.25) is 14.8 Å². The Bertz CT molecular complexity index is 954. The number of aromatic amines is 1. The Labute approximate surface area is 155 Å². The van der Waals surface area contributed by atoms with E-state index < -0.39 is 22.0 Å². The maximum atomic E-state index is 12.8. The fourth-order valence-corrected chi connectivity index (χ4v) is 4.89. The fraction of sp³-hybridized carbons (Fsp3) is 0.350. The van der Waals surface area contributed by atoms with Gasteiger partial charge < -0.3 is 4.55 Å². The van der Waals surface area contributed by atoms with Crippen LogP contribution in [0.25, 0.3) is 11.0 Å². The van der Waals surface area contributed by atoms with Crippen LogP contribution in [-0.2, 0) is 32.6 Å². The summed E-state index contributed by atoms with van der Waals surface area (Å²) in [5, 5.41) is 0.441. The summed E-state index contributed by atoms with van der Waals surface area (Å²) in [6.07, 6.45) is 1.69. The molecular formula is C20H21N3O2S. The average Bonchev–Trinajstić information content (AvgIpc) is 3.08. The maximum Gasteiger partial charge on any atom is 0.322 e. The lowest BCUT2D eigenvalue weighted by molar-refractivity contribution is -0.126. The van der Waals surface area contributed by atoms with Gasteiger partial charge in [-0.05, 0) is 63.1 Å². The molecule has 1 aliphatic rings. The van der Waals surface area contributed by atoms with Gasteiger partial charge in [-0.15, -0.1) is 0 Å². The highest BCUT2D eigenvalue weighted by Crippen LogP contribution is 2.47. The van der Waals surface area contributed by atoms with Crippen molar-refractivity contribution in [1.82, 2.24) is 15.0 Å². The van der Waals surface area contributed by atoms with Crippen LogP contribution in [0.1, 0.15) is 44.5 Å². The molecule has 2 heterocycles. The number of H-pyrrole nitrogens is 1. The first-order valence-electron chi connectivity index (χ1n) is 8.59. The van der Waals surface area contributed by atoms with Gasteiger partial charge in [-0.1, -0.05) is 6.07 Å². The predicted octanol–water partition coefficient (Wildman–Crippen LogP) is 3.40. The van der Waals surface area contributed by atoms with Gasteiger partial charge in [0.1, 0.15) is 0 Å². The largest absolute Gasteiger partial charge is 0.609 e. The van der Waals surface area contributed by atoms with E-state index >= 15 is 0 Å². The zero-order valence-corrected chi connectivity index (χ0v) is 16.1. The maximum absolute atomic E-state index is 12.8. The molecule has 2 aromatic heterocycles. The Morgan fingerprint density at radius 1 is 1.12 bits per heavy atom. The molecule has 1 unspecified atom stereocenters. The van der Waals surface area contributed by atoms with Crippen LogP contribution in [0.4, 0.5) is 0 Å². The lowest BCUT2D eigenvalue weighted by Gasteiger charge is -2.21. The summed E-state index contributed by atoms with van der Waals surface area (Å²) in [6.45, 7) is 7.85. The molecule has 1 N–H and O–H groups in total. The van der Waals surface area contributed by atoms with Crippen LogP contribution >= 0.6 is 0 Å². The minimum Gasteiger partial charge on any atom is -0.609 e. The van der Waals surface area contributed by atoms with E-state index in [2.05, 4.69) is 15.0 Å². The topological polar surface area (TPSA) is 81.7 Å². The fourth-order valence-electron chi connectivity index (χ4n) is 3.89. The Hall–Kier alpha value is -2.18. The van der Waals surface area contributed by atoms with Crippen LogP contribution in [0.3, 0.4) is 0 Å². The molecule has 0 saturated carbocycles. The minimum atomic E-state index is -1.31. The number of benzene rings is 1. The second-order valence-electron chi connectivity index (χ2n) is 7.85. The highest BCUT2D eigenvalue weighted by molar-refractivity contribution is 7.90. The number of hydrogen-bond donors (Lipinski definition) is 1. The van der Waals surface area contributed by atoms with Crippen molar-refractivity contribution < 1.29 is 9.35 Å². The van der Waals surface area contributed by atoms with Crippen molar-refractivity contribution in [2.45, 2.75) is 49.4 Å². The number of ketones is 1. The van der Waals surface area contributed by atoms with Crippen LogP contribution in [0.15, 0.2) is 41.7 Å². The summed E-state index contributed by atoms with van der Waals surface area (Å²) in [6, 6.07) is 9.52. The number of nitrogens with one attached hydrogen (secondary N) is 1. The molecule has 1 aromatic carbocycles. The first-order chi connectivity index (χ1) is 12.2. The molecule has 6 heteroatoms. The summed E-state index contributed by atoms with van der Waals surface area (Å²) in [5.74, 6) is 0.530. The Balaban J connectivity index is 1.75. The molecule has 0 radical (unpaired) electrons. The van der Waals surface area contributed by atoms with Crippen LogP contribution in [-0.4, -0.2) is 25.3 Å². The third kappa shape index (κ3) is 2.47. The summed E-state index contributed by atoms with van der Waals surface area (Å²) >= 11 is -1.31. The van der Waals surface area contributed by atoms with Gasteiger partial charge >= 0.3 is 5.16 Å². The van der Waals surface area contributed by atoms with E-state index in [1.165, 1.54) is 0 Å². The molecule has 0 spiro atoms. The molecule has 0 saturated heterocycles. The molecule has 0 amide bonds. The lowest BCUT2D eigenvalue weighted by Crippen LogP contribution is -2.33.